The molecule has 0 aliphatic carbocycles. The van der Waals surface area contributed by atoms with Gasteiger partial charge in [-0.2, -0.15) is 0 Å². The molecule has 0 atom stereocenters. The third kappa shape index (κ3) is 13.7. The van der Waals surface area contributed by atoms with Gasteiger partial charge < -0.3 is 43.3 Å². The maximum absolute atomic E-state index is 12.0. The number of aryl methyl sites for hydroxylation is 1. The molecule has 0 aliphatic rings. The zero-order valence-corrected chi connectivity index (χ0v) is 24.3. The van der Waals surface area contributed by atoms with Gasteiger partial charge in [0.25, 0.3) is 5.91 Å². The van der Waals surface area contributed by atoms with Gasteiger partial charge in [-0.05, 0) is 42.8 Å². The second-order valence-corrected chi connectivity index (χ2v) is 9.39. The van der Waals surface area contributed by atoms with Gasteiger partial charge in [-0.15, -0.1) is 0 Å². The van der Waals surface area contributed by atoms with E-state index in [2.05, 4.69) is 5.32 Å². The molecular weight excluding hydrogens is 562 g/mol. The average molecular weight is 602 g/mol. The van der Waals surface area contributed by atoms with E-state index in [0.717, 1.165) is 10.9 Å². The number of carbonyl (C=O) groups is 2. The molecule has 0 spiro atoms. The van der Waals surface area contributed by atoms with Gasteiger partial charge in [-0.25, -0.2) is 4.79 Å². The summed E-state index contributed by atoms with van der Waals surface area (Å²) >= 11 is 0. The van der Waals surface area contributed by atoms with Crippen molar-refractivity contribution in [1.82, 2.24) is 5.32 Å². The van der Waals surface area contributed by atoms with Crippen molar-refractivity contribution in [3.8, 4) is 11.5 Å². The predicted octanol–water partition coefficient (Wildman–Crippen LogP) is 2.54. The molecule has 12 nitrogen and oxygen atoms in total. The van der Waals surface area contributed by atoms with Gasteiger partial charge in [0.15, 0.2) is 6.61 Å². The third-order valence-corrected chi connectivity index (χ3v) is 5.98. The summed E-state index contributed by atoms with van der Waals surface area (Å²) in [6.07, 6.45) is 0.755. The highest BCUT2D eigenvalue weighted by Crippen LogP contribution is 2.20. The van der Waals surface area contributed by atoms with E-state index in [4.69, 9.17) is 32.8 Å². The Hall–Kier alpha value is -3.97. The minimum atomic E-state index is -0.406. The highest BCUT2D eigenvalue weighted by Gasteiger charge is 2.07. The van der Waals surface area contributed by atoms with E-state index in [-0.39, 0.29) is 43.9 Å². The molecule has 0 saturated carbocycles. The van der Waals surface area contributed by atoms with E-state index in [1.807, 2.05) is 0 Å². The third-order valence-electron chi connectivity index (χ3n) is 5.98. The Morgan fingerprint density at radius 1 is 0.814 bits per heavy atom. The standard InChI is InChI=1S/C31H39NO11/c1-23-20-25-4-7-27(21-28(25)43-31(23)36)42-22-29(34)32-10-13-38-15-17-40-19-18-39-16-14-37-11-9-30(35)41-12-8-24-2-5-26(33)6-3-24/h2-7,20-21,33H,8-19,22H2,1H3,(H,32,34). The summed E-state index contributed by atoms with van der Waals surface area (Å²) in [6, 6.07) is 13.6. The molecular formula is C31H39NO11. The van der Waals surface area contributed by atoms with Crippen molar-refractivity contribution in [2.75, 3.05) is 72.6 Å². The maximum atomic E-state index is 12.0. The van der Waals surface area contributed by atoms with Gasteiger partial charge >= 0.3 is 11.6 Å². The molecule has 12 heteroatoms. The first-order chi connectivity index (χ1) is 20.9. The van der Waals surface area contributed by atoms with Crippen LogP contribution in [0.4, 0.5) is 0 Å². The Kier molecular flexibility index (Phi) is 15.0. The Morgan fingerprint density at radius 3 is 2.16 bits per heavy atom. The second-order valence-electron chi connectivity index (χ2n) is 9.39. The largest absolute Gasteiger partial charge is 0.508 e. The van der Waals surface area contributed by atoms with E-state index >= 15 is 0 Å². The molecule has 2 N–H and O–H groups in total. The Balaban J connectivity index is 1.06. The Morgan fingerprint density at radius 2 is 1.47 bits per heavy atom. The average Bonchev–Trinajstić information content (AvgIpc) is 2.99. The molecule has 3 aromatic rings. The first-order valence-corrected chi connectivity index (χ1v) is 14.1. The number of benzene rings is 2. The molecule has 2 aromatic carbocycles. The zero-order chi connectivity index (χ0) is 30.7. The number of rotatable bonds is 21. The number of phenolic OH excluding ortho intramolecular Hbond substituents is 1. The molecule has 43 heavy (non-hydrogen) atoms. The molecule has 0 bridgehead atoms. The lowest BCUT2D eigenvalue weighted by molar-refractivity contribution is -0.144. The number of aromatic hydroxyl groups is 1. The molecule has 234 valence electrons. The summed E-state index contributed by atoms with van der Waals surface area (Å²) in [5.41, 5.74) is 1.50. The molecule has 0 fully saturated rings. The summed E-state index contributed by atoms with van der Waals surface area (Å²) in [5.74, 6) is 0.00969. The van der Waals surface area contributed by atoms with Crippen LogP contribution in [-0.2, 0) is 39.7 Å². The molecule has 1 aromatic heterocycles. The van der Waals surface area contributed by atoms with Crippen LogP contribution in [0.15, 0.2) is 57.7 Å². The van der Waals surface area contributed by atoms with Crippen molar-refractivity contribution in [1.29, 1.82) is 0 Å². The van der Waals surface area contributed by atoms with Gasteiger partial charge in [0.05, 0.1) is 65.9 Å². The number of ether oxygens (including phenoxy) is 6. The van der Waals surface area contributed by atoms with Crippen LogP contribution in [0.3, 0.4) is 0 Å². The lowest BCUT2D eigenvalue weighted by Gasteiger charge is -2.09. The van der Waals surface area contributed by atoms with Crippen molar-refractivity contribution in [3.05, 3.63) is 70.1 Å². The number of nitrogens with one attached hydrogen (secondary N) is 1. The fourth-order valence-corrected chi connectivity index (χ4v) is 3.68. The summed E-state index contributed by atoms with van der Waals surface area (Å²) < 4.78 is 37.5. The fraction of sp³-hybridized carbons (Fsp3) is 0.452. The zero-order valence-electron chi connectivity index (χ0n) is 24.3. The minimum absolute atomic E-state index is 0.170. The van der Waals surface area contributed by atoms with Crippen molar-refractivity contribution in [3.63, 3.8) is 0 Å². The predicted molar refractivity (Wildman–Crippen MR) is 156 cm³/mol. The first kappa shape index (κ1) is 33.5. The van der Waals surface area contributed by atoms with E-state index in [1.165, 1.54) is 0 Å². The minimum Gasteiger partial charge on any atom is -0.508 e. The lowest BCUT2D eigenvalue weighted by atomic mass is 10.1. The van der Waals surface area contributed by atoms with Gasteiger partial charge in [0.2, 0.25) is 0 Å². The van der Waals surface area contributed by atoms with Crippen LogP contribution in [0.25, 0.3) is 11.0 Å². The van der Waals surface area contributed by atoms with Gasteiger partial charge in [-0.1, -0.05) is 12.1 Å². The molecule has 1 heterocycles. The Labute approximate surface area is 249 Å². The van der Waals surface area contributed by atoms with E-state index in [9.17, 15) is 19.5 Å². The van der Waals surface area contributed by atoms with Crippen molar-refractivity contribution >= 4 is 22.8 Å². The monoisotopic (exact) mass is 601 g/mol. The summed E-state index contributed by atoms with van der Waals surface area (Å²) in [4.78, 5) is 35.4. The maximum Gasteiger partial charge on any atom is 0.339 e. The lowest BCUT2D eigenvalue weighted by Crippen LogP contribution is -2.31. The normalized spacial score (nSPS) is 11.0. The fourth-order valence-electron chi connectivity index (χ4n) is 3.68. The number of hydrogen-bond acceptors (Lipinski definition) is 11. The van der Waals surface area contributed by atoms with Crippen molar-refractivity contribution in [2.45, 2.75) is 19.8 Å². The second kappa shape index (κ2) is 19.3. The highest BCUT2D eigenvalue weighted by atomic mass is 16.6. The van der Waals surface area contributed by atoms with Gasteiger partial charge in [0, 0.05) is 30.0 Å². The molecule has 0 radical (unpaired) electrons. The van der Waals surface area contributed by atoms with Crippen LogP contribution in [0.5, 0.6) is 11.5 Å². The van der Waals surface area contributed by atoms with Crippen LogP contribution in [0.2, 0.25) is 0 Å². The van der Waals surface area contributed by atoms with Gasteiger partial charge in [0.1, 0.15) is 17.1 Å². The molecule has 0 saturated heterocycles. The number of fused-ring (bicyclic) bond motifs is 1. The molecule has 0 unspecified atom stereocenters. The van der Waals surface area contributed by atoms with Crippen LogP contribution >= 0.6 is 0 Å². The van der Waals surface area contributed by atoms with Crippen LogP contribution in [-0.4, -0.2) is 89.6 Å². The van der Waals surface area contributed by atoms with Crippen LogP contribution in [0.1, 0.15) is 17.5 Å². The quantitative estimate of drug-likeness (QED) is 0.105. The van der Waals surface area contributed by atoms with E-state index in [1.54, 1.807) is 55.5 Å². The SMILES string of the molecule is Cc1cc2ccc(OCC(=O)NCCOCCOCCOCCOCCC(=O)OCCc3ccc(O)cc3)cc2oc1=O. The summed E-state index contributed by atoms with van der Waals surface area (Å²) in [6.45, 7) is 5.03. The summed E-state index contributed by atoms with van der Waals surface area (Å²) in [7, 11) is 0. The number of hydrogen-bond donors (Lipinski definition) is 2. The first-order valence-electron chi connectivity index (χ1n) is 14.1. The Bertz CT molecular complexity index is 1320. The highest BCUT2D eigenvalue weighted by molar-refractivity contribution is 5.79. The topological polar surface area (TPSA) is 152 Å². The molecule has 1 amide bonds. The van der Waals surface area contributed by atoms with Crippen molar-refractivity contribution in [2.24, 2.45) is 0 Å². The number of phenols is 1. The molecule has 3 rings (SSSR count). The molecule has 0 aliphatic heterocycles. The summed E-state index contributed by atoms with van der Waals surface area (Å²) in [5, 5.41) is 12.7. The van der Waals surface area contributed by atoms with E-state index < -0.39 is 5.63 Å². The smallest absolute Gasteiger partial charge is 0.339 e. The number of amides is 1. The number of esters is 1. The number of carbonyl (C=O) groups excluding carboxylic acids is 2. The van der Waals surface area contributed by atoms with Crippen molar-refractivity contribution < 1.29 is 47.5 Å². The van der Waals surface area contributed by atoms with E-state index in [0.29, 0.717) is 76.1 Å². The van der Waals surface area contributed by atoms with Crippen LogP contribution in [0, 0.1) is 6.92 Å². The van der Waals surface area contributed by atoms with Gasteiger partial charge in [-0.3, -0.25) is 9.59 Å². The van der Waals surface area contributed by atoms with Crippen LogP contribution < -0.4 is 15.7 Å².